The molecule has 0 spiro atoms. The van der Waals surface area contributed by atoms with Gasteiger partial charge in [0.25, 0.3) is 0 Å². The summed E-state index contributed by atoms with van der Waals surface area (Å²) in [6.45, 7) is 5.47. The zero-order valence-electron chi connectivity index (χ0n) is 8.49. The summed E-state index contributed by atoms with van der Waals surface area (Å²) in [6, 6.07) is 0.587. The zero-order valence-corrected chi connectivity index (χ0v) is 8.49. The minimum Gasteiger partial charge on any atom is -0.322 e. The summed E-state index contributed by atoms with van der Waals surface area (Å²) in [4.78, 5) is 4.32. The average molecular weight is 179 g/mol. The van der Waals surface area contributed by atoms with Gasteiger partial charge in [0.2, 0.25) is 0 Å². The Bertz CT molecular complexity index is 255. The van der Waals surface area contributed by atoms with Gasteiger partial charge in [0.05, 0.1) is 0 Å². The highest BCUT2D eigenvalue weighted by Gasteiger charge is 2.37. The van der Waals surface area contributed by atoms with Crippen LogP contribution in [-0.2, 0) is 0 Å². The molecule has 2 aliphatic rings. The lowest BCUT2D eigenvalue weighted by molar-refractivity contribution is 0.173. The molecule has 0 radical (unpaired) electrons. The number of hydrogen-bond donors (Lipinski definition) is 1. The lowest BCUT2D eigenvalue weighted by Gasteiger charge is -2.26. The van der Waals surface area contributed by atoms with Crippen molar-refractivity contribution >= 4 is 6.21 Å². The summed E-state index contributed by atoms with van der Waals surface area (Å²) in [5.74, 6) is 1.25. The molecule has 0 bridgehead atoms. The van der Waals surface area contributed by atoms with Gasteiger partial charge in [-0.15, -0.1) is 0 Å². The van der Waals surface area contributed by atoms with Crippen molar-refractivity contribution in [3.63, 3.8) is 0 Å². The average Bonchev–Trinajstić information content (AvgIpc) is 2.39. The highest BCUT2D eigenvalue weighted by atomic mass is 15.5. The van der Waals surface area contributed by atoms with Gasteiger partial charge >= 0.3 is 0 Å². The fourth-order valence-corrected chi connectivity index (χ4v) is 2.40. The molecule has 0 aromatic rings. The molecule has 2 unspecified atom stereocenters. The molecule has 2 aliphatic heterocycles. The summed E-state index contributed by atoms with van der Waals surface area (Å²) < 4.78 is 0. The molecule has 1 N–H and O–H groups in total. The first-order valence-electron chi connectivity index (χ1n) is 4.89. The Morgan fingerprint density at radius 1 is 1.62 bits per heavy atom. The predicted octanol–water partition coefficient (Wildman–Crippen LogP) is 1.05. The van der Waals surface area contributed by atoms with Crippen molar-refractivity contribution in [3.05, 3.63) is 11.8 Å². The third kappa shape index (κ3) is 1.37. The van der Waals surface area contributed by atoms with Crippen molar-refractivity contribution < 1.29 is 0 Å². The van der Waals surface area contributed by atoms with E-state index in [4.69, 9.17) is 0 Å². The maximum Gasteiger partial charge on any atom is 0.0488 e. The molecule has 13 heavy (non-hydrogen) atoms. The monoisotopic (exact) mass is 179 g/mol. The lowest BCUT2D eigenvalue weighted by atomic mass is 9.89. The Morgan fingerprint density at radius 3 is 3.08 bits per heavy atom. The van der Waals surface area contributed by atoms with Crippen molar-refractivity contribution in [1.29, 1.82) is 0 Å². The van der Waals surface area contributed by atoms with E-state index in [2.05, 4.69) is 42.4 Å². The molecule has 2 rings (SSSR count). The Hall–Kier alpha value is -0.830. The van der Waals surface area contributed by atoms with Crippen LogP contribution >= 0.6 is 0 Å². The van der Waals surface area contributed by atoms with Gasteiger partial charge in [-0.25, -0.2) is 5.01 Å². The van der Waals surface area contributed by atoms with E-state index in [9.17, 15) is 0 Å². The second kappa shape index (κ2) is 3.14. The van der Waals surface area contributed by atoms with E-state index < -0.39 is 0 Å². The lowest BCUT2D eigenvalue weighted by Crippen LogP contribution is -2.38. The van der Waals surface area contributed by atoms with Crippen LogP contribution in [0.25, 0.3) is 0 Å². The number of aliphatic imine (C=N–C) groups is 1. The first-order valence-corrected chi connectivity index (χ1v) is 4.89. The number of nitrogens with zero attached hydrogens (tertiary/aromatic N) is 2. The minimum absolute atomic E-state index is 0.579. The fraction of sp³-hybridized carbons (Fsp3) is 0.700. The van der Waals surface area contributed by atoms with Crippen molar-refractivity contribution in [3.8, 4) is 0 Å². The highest BCUT2D eigenvalue weighted by molar-refractivity contribution is 5.73. The van der Waals surface area contributed by atoms with Crippen LogP contribution in [0.2, 0.25) is 0 Å². The van der Waals surface area contributed by atoms with Crippen molar-refractivity contribution in [2.24, 2.45) is 16.8 Å². The molecule has 2 atom stereocenters. The van der Waals surface area contributed by atoms with Gasteiger partial charge in [0.1, 0.15) is 0 Å². The molecule has 1 saturated heterocycles. The van der Waals surface area contributed by atoms with Crippen molar-refractivity contribution in [2.45, 2.75) is 19.9 Å². The maximum absolute atomic E-state index is 4.32. The number of allylic oxidation sites excluding steroid dienone is 1. The van der Waals surface area contributed by atoms with Crippen LogP contribution in [0.4, 0.5) is 0 Å². The first-order chi connectivity index (χ1) is 6.20. The van der Waals surface area contributed by atoms with E-state index in [1.807, 2.05) is 6.21 Å². The summed E-state index contributed by atoms with van der Waals surface area (Å²) in [7, 11) is 2.11. The van der Waals surface area contributed by atoms with Crippen LogP contribution in [0.3, 0.4) is 0 Å². The Kier molecular flexibility index (Phi) is 2.12. The van der Waals surface area contributed by atoms with E-state index in [0.717, 1.165) is 6.54 Å². The molecule has 0 aromatic heterocycles. The highest BCUT2D eigenvalue weighted by Crippen LogP contribution is 2.30. The first kappa shape index (κ1) is 8.75. The SMILES string of the molecule is CC(C)C1C2CN=CC=C2NN1C. The quantitative estimate of drug-likeness (QED) is 0.651. The van der Waals surface area contributed by atoms with E-state index in [1.54, 1.807) is 0 Å². The van der Waals surface area contributed by atoms with E-state index in [-0.39, 0.29) is 0 Å². The van der Waals surface area contributed by atoms with Crippen molar-refractivity contribution in [2.75, 3.05) is 13.6 Å². The molecule has 0 amide bonds. The third-order valence-corrected chi connectivity index (χ3v) is 2.91. The normalized spacial score (nSPS) is 33.1. The second-order valence-corrected chi connectivity index (χ2v) is 4.20. The van der Waals surface area contributed by atoms with Gasteiger partial charge in [-0.05, 0) is 12.0 Å². The summed E-state index contributed by atoms with van der Waals surface area (Å²) in [6.07, 6.45) is 3.99. The summed E-state index contributed by atoms with van der Waals surface area (Å²) in [5, 5.41) is 2.22. The Morgan fingerprint density at radius 2 is 2.38 bits per heavy atom. The molecular weight excluding hydrogens is 162 g/mol. The summed E-state index contributed by atoms with van der Waals surface area (Å²) in [5.41, 5.74) is 4.72. The summed E-state index contributed by atoms with van der Waals surface area (Å²) >= 11 is 0. The molecule has 1 fully saturated rings. The zero-order chi connectivity index (χ0) is 9.42. The van der Waals surface area contributed by atoms with Crippen LogP contribution < -0.4 is 5.43 Å². The molecule has 3 nitrogen and oxygen atoms in total. The molecule has 0 aliphatic carbocycles. The molecule has 0 aromatic carbocycles. The number of fused-ring (bicyclic) bond motifs is 1. The van der Waals surface area contributed by atoms with Crippen LogP contribution in [0.5, 0.6) is 0 Å². The topological polar surface area (TPSA) is 27.6 Å². The van der Waals surface area contributed by atoms with E-state index in [0.29, 0.717) is 17.9 Å². The van der Waals surface area contributed by atoms with Crippen LogP contribution in [0.1, 0.15) is 13.8 Å². The van der Waals surface area contributed by atoms with Gasteiger partial charge in [-0.2, -0.15) is 0 Å². The predicted molar refractivity (Wildman–Crippen MR) is 54.5 cm³/mol. The van der Waals surface area contributed by atoms with Gasteiger partial charge in [0.15, 0.2) is 0 Å². The Labute approximate surface area is 79.5 Å². The van der Waals surface area contributed by atoms with Crippen LogP contribution in [0.15, 0.2) is 16.8 Å². The number of rotatable bonds is 1. The van der Waals surface area contributed by atoms with E-state index in [1.165, 1.54) is 5.70 Å². The molecule has 3 heteroatoms. The van der Waals surface area contributed by atoms with Crippen LogP contribution in [0, 0.1) is 11.8 Å². The molecular formula is C10H17N3. The standard InChI is InChI=1S/C10H17N3/c1-7(2)10-8-6-11-5-4-9(8)12-13(10)3/h4-5,7-8,10,12H,6H2,1-3H3. The third-order valence-electron chi connectivity index (χ3n) is 2.91. The van der Waals surface area contributed by atoms with Gasteiger partial charge in [-0.3, -0.25) is 4.99 Å². The number of hydrazine groups is 1. The maximum atomic E-state index is 4.32. The fourth-order valence-electron chi connectivity index (χ4n) is 2.40. The largest absolute Gasteiger partial charge is 0.322 e. The molecule has 2 heterocycles. The van der Waals surface area contributed by atoms with Crippen LogP contribution in [-0.4, -0.2) is 30.9 Å². The van der Waals surface area contributed by atoms with Gasteiger partial charge in [-0.1, -0.05) is 13.8 Å². The molecule has 72 valence electrons. The smallest absolute Gasteiger partial charge is 0.0488 e. The van der Waals surface area contributed by atoms with Gasteiger partial charge in [0, 0.05) is 37.5 Å². The van der Waals surface area contributed by atoms with Crippen molar-refractivity contribution in [1.82, 2.24) is 10.4 Å². The van der Waals surface area contributed by atoms with Gasteiger partial charge < -0.3 is 5.43 Å². The number of dihydropyridines is 1. The van der Waals surface area contributed by atoms with E-state index >= 15 is 0 Å². The molecule has 0 saturated carbocycles. The number of nitrogens with one attached hydrogen (secondary N) is 1. The minimum atomic E-state index is 0.579. The Balaban J connectivity index is 2.22. The number of hydrogen-bond acceptors (Lipinski definition) is 3. The second-order valence-electron chi connectivity index (χ2n) is 4.20.